The van der Waals surface area contributed by atoms with Gasteiger partial charge in [0.15, 0.2) is 0 Å². The van der Waals surface area contributed by atoms with Gasteiger partial charge in [-0.25, -0.2) is 9.18 Å². The first-order valence-corrected chi connectivity index (χ1v) is 7.06. The summed E-state index contributed by atoms with van der Waals surface area (Å²) < 4.78 is 13.1. The molecule has 0 saturated carbocycles. The van der Waals surface area contributed by atoms with E-state index in [-0.39, 0.29) is 12.1 Å². The molecule has 0 saturated heterocycles. The SMILES string of the molecule is O=C(O)c1[nH]c(-c2cccs2)cc1C1=CCC(F)C=C1. The van der Waals surface area contributed by atoms with Crippen LogP contribution in [0, 0.1) is 0 Å². The number of halogens is 1. The van der Waals surface area contributed by atoms with E-state index >= 15 is 0 Å². The maximum absolute atomic E-state index is 13.1. The summed E-state index contributed by atoms with van der Waals surface area (Å²) in [5, 5.41) is 11.2. The van der Waals surface area contributed by atoms with E-state index in [4.69, 9.17) is 0 Å². The molecule has 0 fully saturated rings. The van der Waals surface area contributed by atoms with E-state index in [1.165, 1.54) is 17.4 Å². The zero-order valence-electron chi connectivity index (χ0n) is 10.5. The number of hydrogen-bond acceptors (Lipinski definition) is 2. The Hall–Kier alpha value is -2.14. The number of hydrogen-bond donors (Lipinski definition) is 2. The Kier molecular flexibility index (Phi) is 3.28. The molecule has 102 valence electrons. The first-order valence-electron chi connectivity index (χ1n) is 6.18. The van der Waals surface area contributed by atoms with E-state index in [1.807, 2.05) is 23.6 Å². The predicted octanol–water partition coefficient (Wildman–Crippen LogP) is 4.12. The lowest BCUT2D eigenvalue weighted by atomic mass is 9.98. The number of carboxylic acids is 1. The average molecular weight is 289 g/mol. The van der Waals surface area contributed by atoms with Gasteiger partial charge in [0, 0.05) is 12.0 Å². The lowest BCUT2D eigenvalue weighted by molar-refractivity contribution is 0.0691. The van der Waals surface area contributed by atoms with Crippen molar-refractivity contribution in [1.29, 1.82) is 0 Å². The number of nitrogens with one attached hydrogen (secondary N) is 1. The number of carbonyl (C=O) groups is 1. The average Bonchev–Trinajstić information content (AvgIpc) is 3.08. The second kappa shape index (κ2) is 5.09. The molecule has 2 N–H and O–H groups in total. The van der Waals surface area contributed by atoms with Gasteiger partial charge in [-0.15, -0.1) is 11.3 Å². The molecule has 2 aromatic heterocycles. The van der Waals surface area contributed by atoms with Gasteiger partial charge < -0.3 is 10.1 Å². The van der Waals surface area contributed by atoms with Crippen molar-refractivity contribution in [3.05, 3.63) is 53.1 Å². The number of allylic oxidation sites excluding steroid dienone is 4. The summed E-state index contributed by atoms with van der Waals surface area (Å²) in [6.45, 7) is 0. The first-order chi connectivity index (χ1) is 9.65. The molecule has 1 aliphatic rings. The maximum atomic E-state index is 13.1. The van der Waals surface area contributed by atoms with E-state index in [1.54, 1.807) is 12.2 Å². The van der Waals surface area contributed by atoms with E-state index in [0.717, 1.165) is 16.1 Å². The molecular formula is C15H12FNO2S. The number of aromatic carboxylic acids is 1. The van der Waals surface area contributed by atoms with Crippen molar-refractivity contribution in [3.63, 3.8) is 0 Å². The first kappa shape index (κ1) is 12.9. The maximum Gasteiger partial charge on any atom is 0.352 e. The summed E-state index contributed by atoms with van der Waals surface area (Å²) >= 11 is 1.54. The van der Waals surface area contributed by atoms with Gasteiger partial charge >= 0.3 is 5.97 Å². The molecule has 0 spiro atoms. The monoisotopic (exact) mass is 289 g/mol. The number of thiophene rings is 1. The molecule has 0 aliphatic heterocycles. The second-order valence-corrected chi connectivity index (χ2v) is 5.47. The van der Waals surface area contributed by atoms with E-state index in [0.29, 0.717) is 5.56 Å². The predicted molar refractivity (Wildman–Crippen MR) is 77.7 cm³/mol. The third-order valence-electron chi connectivity index (χ3n) is 3.18. The van der Waals surface area contributed by atoms with Crippen molar-refractivity contribution >= 4 is 22.9 Å². The van der Waals surface area contributed by atoms with Crippen LogP contribution in [0.25, 0.3) is 16.1 Å². The van der Waals surface area contributed by atoms with Gasteiger partial charge in [-0.1, -0.05) is 18.2 Å². The summed E-state index contributed by atoms with van der Waals surface area (Å²) in [4.78, 5) is 15.3. The van der Waals surface area contributed by atoms with E-state index < -0.39 is 12.1 Å². The number of rotatable bonds is 3. The minimum atomic E-state index is -1.01. The molecule has 1 atom stereocenters. The van der Waals surface area contributed by atoms with Crippen LogP contribution in [0.1, 0.15) is 22.5 Å². The van der Waals surface area contributed by atoms with Crippen molar-refractivity contribution in [1.82, 2.24) is 4.98 Å². The molecule has 0 amide bonds. The fourth-order valence-corrected chi connectivity index (χ4v) is 2.91. The van der Waals surface area contributed by atoms with Gasteiger partial charge in [-0.05, 0) is 29.2 Å². The summed E-state index contributed by atoms with van der Waals surface area (Å²) in [5.74, 6) is -1.01. The van der Waals surface area contributed by atoms with Crippen LogP contribution < -0.4 is 0 Å². The largest absolute Gasteiger partial charge is 0.477 e. The van der Waals surface area contributed by atoms with Gasteiger partial charge in [0.25, 0.3) is 0 Å². The third-order valence-corrected chi connectivity index (χ3v) is 4.08. The van der Waals surface area contributed by atoms with Crippen LogP contribution in [-0.4, -0.2) is 22.2 Å². The van der Waals surface area contributed by atoms with Crippen LogP contribution in [0.5, 0.6) is 0 Å². The molecular weight excluding hydrogens is 277 g/mol. The highest BCUT2D eigenvalue weighted by Crippen LogP contribution is 2.31. The summed E-state index contributed by atoms with van der Waals surface area (Å²) in [5.41, 5.74) is 2.25. The van der Waals surface area contributed by atoms with Crippen molar-refractivity contribution < 1.29 is 14.3 Å². The molecule has 5 heteroatoms. The highest BCUT2D eigenvalue weighted by Gasteiger charge is 2.19. The lowest BCUT2D eigenvalue weighted by Crippen LogP contribution is -2.03. The fraction of sp³-hybridized carbons (Fsp3) is 0.133. The second-order valence-electron chi connectivity index (χ2n) is 4.52. The minimum absolute atomic E-state index is 0.140. The summed E-state index contributed by atoms with van der Waals surface area (Å²) in [6, 6.07) is 5.65. The Bertz CT molecular complexity index is 698. The molecule has 2 heterocycles. The number of aromatic amines is 1. The lowest BCUT2D eigenvalue weighted by Gasteiger charge is -2.09. The molecule has 2 aromatic rings. The minimum Gasteiger partial charge on any atom is -0.477 e. The molecule has 20 heavy (non-hydrogen) atoms. The van der Waals surface area contributed by atoms with Crippen LogP contribution in [0.15, 0.2) is 41.8 Å². The topological polar surface area (TPSA) is 53.1 Å². The molecule has 0 bridgehead atoms. The molecule has 0 radical (unpaired) electrons. The molecule has 1 unspecified atom stereocenters. The zero-order chi connectivity index (χ0) is 14.1. The summed E-state index contributed by atoms with van der Waals surface area (Å²) in [6.07, 6.45) is 4.13. The number of carboxylic acid groups (broad SMARTS) is 1. The Labute approximate surface area is 119 Å². The molecule has 3 rings (SSSR count). The van der Waals surface area contributed by atoms with Crippen LogP contribution in [0.4, 0.5) is 4.39 Å². The van der Waals surface area contributed by atoms with E-state index in [9.17, 15) is 14.3 Å². The highest BCUT2D eigenvalue weighted by molar-refractivity contribution is 7.13. The number of H-pyrrole nitrogens is 1. The molecule has 3 nitrogen and oxygen atoms in total. The highest BCUT2D eigenvalue weighted by atomic mass is 32.1. The van der Waals surface area contributed by atoms with Crippen LogP contribution in [0.2, 0.25) is 0 Å². The molecule has 1 aliphatic carbocycles. The quantitative estimate of drug-likeness (QED) is 0.893. The Morgan fingerprint density at radius 1 is 1.50 bits per heavy atom. The molecule has 0 aromatic carbocycles. The van der Waals surface area contributed by atoms with Crippen molar-refractivity contribution in [2.75, 3.05) is 0 Å². The van der Waals surface area contributed by atoms with Crippen LogP contribution in [-0.2, 0) is 0 Å². The van der Waals surface area contributed by atoms with Gasteiger partial charge in [0.1, 0.15) is 11.9 Å². The van der Waals surface area contributed by atoms with Crippen LogP contribution >= 0.6 is 11.3 Å². The van der Waals surface area contributed by atoms with Gasteiger partial charge in [-0.2, -0.15) is 0 Å². The van der Waals surface area contributed by atoms with Crippen molar-refractivity contribution in [2.24, 2.45) is 0 Å². The smallest absolute Gasteiger partial charge is 0.352 e. The Morgan fingerprint density at radius 2 is 2.35 bits per heavy atom. The number of aromatic nitrogens is 1. The fourth-order valence-electron chi connectivity index (χ4n) is 2.21. The normalized spacial score (nSPS) is 18.1. The van der Waals surface area contributed by atoms with E-state index in [2.05, 4.69) is 4.98 Å². The Morgan fingerprint density at radius 3 is 2.95 bits per heavy atom. The van der Waals surface area contributed by atoms with Crippen LogP contribution in [0.3, 0.4) is 0 Å². The Balaban J connectivity index is 2.06. The van der Waals surface area contributed by atoms with Gasteiger partial charge in [-0.3, -0.25) is 0 Å². The van der Waals surface area contributed by atoms with Crippen molar-refractivity contribution in [2.45, 2.75) is 12.6 Å². The standard InChI is InChI=1S/C15H12FNO2S/c16-10-5-3-9(4-6-10)11-8-12(13-2-1-7-20-13)17-14(11)15(18)19/h1-5,7-8,10,17H,6H2,(H,18,19). The summed E-state index contributed by atoms with van der Waals surface area (Å²) in [7, 11) is 0. The van der Waals surface area contributed by atoms with Crippen molar-refractivity contribution in [3.8, 4) is 10.6 Å². The van der Waals surface area contributed by atoms with Gasteiger partial charge in [0.05, 0.1) is 10.6 Å². The third kappa shape index (κ3) is 2.32. The van der Waals surface area contributed by atoms with Gasteiger partial charge in [0.2, 0.25) is 0 Å². The zero-order valence-corrected chi connectivity index (χ0v) is 11.3. The number of alkyl halides is 1.